The largest absolute Gasteiger partial charge is 0.396 e. The Bertz CT molecular complexity index is 366. The molecule has 0 spiro atoms. The molecule has 0 atom stereocenters. The van der Waals surface area contributed by atoms with Crippen molar-refractivity contribution >= 4 is 23.0 Å². The predicted octanol–water partition coefficient (Wildman–Crippen LogP) is 0.313. The highest BCUT2D eigenvalue weighted by Gasteiger charge is 2.07. The number of nitrogens with one attached hydrogen (secondary N) is 2. The minimum Gasteiger partial charge on any atom is -0.396 e. The Hall–Kier alpha value is -1.59. The quantitative estimate of drug-likeness (QED) is 0.580. The van der Waals surface area contributed by atoms with Crippen LogP contribution in [0.5, 0.6) is 0 Å². The smallest absolute Gasteiger partial charge is 0.224 e. The molecule has 1 aromatic rings. The number of hydrogen-bond donors (Lipinski definition) is 4. The van der Waals surface area contributed by atoms with Gasteiger partial charge in [-0.1, -0.05) is 0 Å². The van der Waals surface area contributed by atoms with Gasteiger partial charge in [0.1, 0.15) is 5.69 Å². The van der Waals surface area contributed by atoms with Crippen LogP contribution in [-0.2, 0) is 4.79 Å². The lowest BCUT2D eigenvalue weighted by Gasteiger charge is -2.10. The van der Waals surface area contributed by atoms with Crippen LogP contribution in [0, 0.1) is 0 Å². The number of aliphatic hydroxyl groups excluding tert-OH is 1. The van der Waals surface area contributed by atoms with Crippen LogP contribution >= 0.6 is 0 Å². The van der Waals surface area contributed by atoms with E-state index in [-0.39, 0.29) is 12.5 Å². The SMILES string of the molecule is CNc1ccc([NH3+])cc1NC(=O)CCCO. The van der Waals surface area contributed by atoms with Crippen molar-refractivity contribution in [3.63, 3.8) is 0 Å². The number of benzene rings is 1. The zero-order valence-electron chi connectivity index (χ0n) is 9.42. The van der Waals surface area contributed by atoms with Crippen LogP contribution in [0.25, 0.3) is 0 Å². The number of quaternary nitrogens is 1. The number of anilines is 2. The van der Waals surface area contributed by atoms with Gasteiger partial charge in [-0.2, -0.15) is 0 Å². The lowest BCUT2D eigenvalue weighted by molar-refractivity contribution is -0.254. The van der Waals surface area contributed by atoms with Crippen LogP contribution in [0.1, 0.15) is 12.8 Å². The summed E-state index contributed by atoms with van der Waals surface area (Å²) in [5.74, 6) is -0.101. The molecule has 0 aromatic heterocycles. The van der Waals surface area contributed by atoms with Gasteiger partial charge in [-0.25, -0.2) is 0 Å². The standard InChI is InChI=1S/C11H17N3O2/c1-13-9-5-4-8(12)7-10(9)14-11(16)3-2-6-15/h4-5,7,13,15H,2-3,6,12H2,1H3,(H,14,16)/p+1. The van der Waals surface area contributed by atoms with Crippen molar-refractivity contribution < 1.29 is 15.6 Å². The molecule has 0 bridgehead atoms. The summed E-state index contributed by atoms with van der Waals surface area (Å²) in [5, 5.41) is 14.4. The number of rotatable bonds is 5. The van der Waals surface area contributed by atoms with Gasteiger partial charge in [-0.3, -0.25) is 4.79 Å². The summed E-state index contributed by atoms with van der Waals surface area (Å²) in [6.07, 6.45) is 0.797. The molecule has 6 N–H and O–H groups in total. The maximum atomic E-state index is 11.5. The fourth-order valence-corrected chi connectivity index (χ4v) is 1.37. The van der Waals surface area contributed by atoms with Crippen LogP contribution < -0.4 is 16.4 Å². The second kappa shape index (κ2) is 6.09. The Kier molecular flexibility index (Phi) is 4.75. The second-order valence-electron chi connectivity index (χ2n) is 3.51. The Balaban J connectivity index is 2.71. The van der Waals surface area contributed by atoms with Crippen LogP contribution in [0.15, 0.2) is 18.2 Å². The van der Waals surface area contributed by atoms with Crippen LogP contribution in [-0.4, -0.2) is 24.7 Å². The van der Waals surface area contributed by atoms with E-state index < -0.39 is 0 Å². The van der Waals surface area contributed by atoms with Gasteiger partial charge < -0.3 is 21.5 Å². The van der Waals surface area contributed by atoms with Crippen molar-refractivity contribution in [3.8, 4) is 0 Å². The van der Waals surface area contributed by atoms with Crippen LogP contribution in [0.2, 0.25) is 0 Å². The number of carbonyl (C=O) groups excluding carboxylic acids is 1. The van der Waals surface area contributed by atoms with Crippen LogP contribution in [0.3, 0.4) is 0 Å². The third-order valence-electron chi connectivity index (χ3n) is 2.19. The van der Waals surface area contributed by atoms with E-state index in [1.54, 1.807) is 7.05 Å². The number of aliphatic hydroxyl groups is 1. The minimum absolute atomic E-state index is 0.0294. The zero-order chi connectivity index (χ0) is 12.0. The van der Waals surface area contributed by atoms with Crippen molar-refractivity contribution in [2.75, 3.05) is 24.3 Å². The molecule has 88 valence electrons. The van der Waals surface area contributed by atoms with Gasteiger partial charge in [0.2, 0.25) is 5.91 Å². The number of amides is 1. The Morgan fingerprint density at radius 2 is 2.19 bits per heavy atom. The Morgan fingerprint density at radius 1 is 1.44 bits per heavy atom. The van der Waals surface area contributed by atoms with Crippen molar-refractivity contribution in [2.24, 2.45) is 0 Å². The molecule has 1 aromatic carbocycles. The predicted molar refractivity (Wildman–Crippen MR) is 63.5 cm³/mol. The summed E-state index contributed by atoms with van der Waals surface area (Å²) in [6, 6.07) is 5.54. The van der Waals surface area contributed by atoms with Crippen molar-refractivity contribution in [1.29, 1.82) is 0 Å². The zero-order valence-corrected chi connectivity index (χ0v) is 9.42. The van der Waals surface area contributed by atoms with Gasteiger partial charge in [0.25, 0.3) is 0 Å². The maximum absolute atomic E-state index is 11.5. The first-order valence-electron chi connectivity index (χ1n) is 5.22. The van der Waals surface area contributed by atoms with E-state index in [0.717, 1.165) is 17.1 Å². The molecule has 0 saturated heterocycles. The molecule has 0 radical (unpaired) electrons. The summed E-state index contributed by atoms with van der Waals surface area (Å²) >= 11 is 0. The van der Waals surface area contributed by atoms with E-state index in [9.17, 15) is 4.79 Å². The highest BCUT2D eigenvalue weighted by Crippen LogP contribution is 2.23. The van der Waals surface area contributed by atoms with Crippen molar-refractivity contribution in [1.82, 2.24) is 0 Å². The molecular formula is C11H18N3O2+. The molecule has 0 saturated carbocycles. The molecule has 0 aliphatic heterocycles. The van der Waals surface area contributed by atoms with E-state index in [1.165, 1.54) is 0 Å². The minimum atomic E-state index is -0.101. The lowest BCUT2D eigenvalue weighted by atomic mass is 10.2. The van der Waals surface area contributed by atoms with E-state index in [2.05, 4.69) is 16.4 Å². The molecule has 1 rings (SSSR count). The molecule has 0 heterocycles. The van der Waals surface area contributed by atoms with Crippen molar-refractivity contribution in [2.45, 2.75) is 12.8 Å². The summed E-state index contributed by atoms with van der Waals surface area (Å²) in [7, 11) is 1.79. The molecule has 0 aliphatic carbocycles. The summed E-state index contributed by atoms with van der Waals surface area (Å²) < 4.78 is 0. The Labute approximate surface area is 94.7 Å². The van der Waals surface area contributed by atoms with Gasteiger partial charge in [-0.15, -0.1) is 0 Å². The molecule has 1 amide bonds. The van der Waals surface area contributed by atoms with E-state index >= 15 is 0 Å². The fourth-order valence-electron chi connectivity index (χ4n) is 1.37. The lowest BCUT2D eigenvalue weighted by Crippen LogP contribution is -2.40. The fraction of sp³-hybridized carbons (Fsp3) is 0.364. The second-order valence-corrected chi connectivity index (χ2v) is 3.51. The molecule has 16 heavy (non-hydrogen) atoms. The first kappa shape index (κ1) is 12.5. The highest BCUT2D eigenvalue weighted by molar-refractivity contribution is 5.94. The van der Waals surface area contributed by atoms with Crippen molar-refractivity contribution in [3.05, 3.63) is 18.2 Å². The average Bonchev–Trinajstić information content (AvgIpc) is 2.27. The number of carbonyl (C=O) groups is 1. The van der Waals surface area contributed by atoms with E-state index in [0.29, 0.717) is 12.8 Å². The first-order valence-corrected chi connectivity index (χ1v) is 5.22. The van der Waals surface area contributed by atoms with Crippen LogP contribution in [0.4, 0.5) is 17.1 Å². The van der Waals surface area contributed by atoms with E-state index in [1.807, 2.05) is 18.2 Å². The summed E-state index contributed by atoms with van der Waals surface area (Å²) in [4.78, 5) is 11.5. The monoisotopic (exact) mass is 224 g/mol. The van der Waals surface area contributed by atoms with Gasteiger partial charge in [0.15, 0.2) is 0 Å². The molecule has 5 nitrogen and oxygen atoms in total. The maximum Gasteiger partial charge on any atom is 0.224 e. The van der Waals surface area contributed by atoms with E-state index in [4.69, 9.17) is 5.11 Å². The normalized spacial score (nSPS) is 9.94. The number of hydrogen-bond acceptors (Lipinski definition) is 3. The van der Waals surface area contributed by atoms with Gasteiger partial charge >= 0.3 is 0 Å². The Morgan fingerprint density at radius 3 is 2.81 bits per heavy atom. The molecule has 5 heteroatoms. The molecule has 0 fully saturated rings. The molecule has 0 unspecified atom stereocenters. The molecular weight excluding hydrogens is 206 g/mol. The highest BCUT2D eigenvalue weighted by atomic mass is 16.3. The van der Waals surface area contributed by atoms with Gasteiger partial charge in [-0.05, 0) is 12.5 Å². The van der Waals surface area contributed by atoms with Gasteiger partial charge in [0, 0.05) is 32.2 Å². The summed E-state index contributed by atoms with van der Waals surface area (Å²) in [6.45, 7) is 0.0294. The average molecular weight is 224 g/mol. The topological polar surface area (TPSA) is 89.0 Å². The summed E-state index contributed by atoms with van der Waals surface area (Å²) in [5.41, 5.74) is 6.22. The van der Waals surface area contributed by atoms with Gasteiger partial charge in [0.05, 0.1) is 11.4 Å². The molecule has 0 aliphatic rings. The first-order chi connectivity index (χ1) is 7.67. The third kappa shape index (κ3) is 3.52. The third-order valence-corrected chi connectivity index (χ3v) is 2.19.